The number of likely N-dealkylation sites (tertiary alicyclic amines) is 1. The first kappa shape index (κ1) is 21.9. The molecule has 0 spiro atoms. The third-order valence-corrected chi connectivity index (χ3v) is 7.67. The number of thiazole rings is 2. The normalized spacial score (nSPS) is 14.6. The van der Waals surface area contributed by atoms with Crippen LogP contribution in [0.1, 0.15) is 60.2 Å². The maximum Gasteiger partial charge on any atom is 0.271 e. The van der Waals surface area contributed by atoms with Crippen molar-refractivity contribution in [2.24, 2.45) is 0 Å². The molecule has 1 aliphatic heterocycles. The molecule has 3 heterocycles. The summed E-state index contributed by atoms with van der Waals surface area (Å²) < 4.78 is 0. The molecule has 3 aromatic rings. The first-order valence-electron chi connectivity index (χ1n) is 10.1. The number of amides is 2. The third kappa shape index (κ3) is 5.14. The van der Waals surface area contributed by atoms with Gasteiger partial charge in [-0.3, -0.25) is 9.59 Å². The van der Waals surface area contributed by atoms with Crippen LogP contribution in [-0.4, -0.2) is 39.8 Å². The molecule has 0 saturated carbocycles. The molecule has 6 nitrogen and oxygen atoms in total. The largest absolute Gasteiger partial charge is 0.347 e. The van der Waals surface area contributed by atoms with Crippen molar-refractivity contribution in [2.45, 2.75) is 39.2 Å². The van der Waals surface area contributed by atoms with Gasteiger partial charge in [-0.2, -0.15) is 0 Å². The minimum Gasteiger partial charge on any atom is -0.347 e. The van der Waals surface area contributed by atoms with Crippen molar-refractivity contribution in [1.29, 1.82) is 0 Å². The minimum atomic E-state index is -0.180. The van der Waals surface area contributed by atoms with Crippen LogP contribution in [0.15, 0.2) is 29.6 Å². The number of halogens is 1. The highest BCUT2D eigenvalue weighted by Gasteiger charge is 2.28. The summed E-state index contributed by atoms with van der Waals surface area (Å²) in [4.78, 5) is 36.9. The number of nitrogens with zero attached hydrogens (tertiary/aromatic N) is 3. The Bertz CT molecular complexity index is 1090. The Morgan fingerprint density at radius 2 is 1.87 bits per heavy atom. The van der Waals surface area contributed by atoms with E-state index in [2.05, 4.69) is 15.3 Å². The topological polar surface area (TPSA) is 75.2 Å². The van der Waals surface area contributed by atoms with E-state index in [-0.39, 0.29) is 17.7 Å². The Morgan fingerprint density at radius 1 is 1.16 bits per heavy atom. The van der Waals surface area contributed by atoms with Crippen LogP contribution >= 0.6 is 34.3 Å². The molecule has 0 unspecified atom stereocenters. The van der Waals surface area contributed by atoms with Gasteiger partial charge in [-0.15, -0.1) is 22.7 Å². The van der Waals surface area contributed by atoms with Gasteiger partial charge in [0.25, 0.3) is 11.8 Å². The average molecular weight is 475 g/mol. The van der Waals surface area contributed by atoms with Crippen molar-refractivity contribution in [3.05, 3.63) is 66.5 Å². The summed E-state index contributed by atoms with van der Waals surface area (Å²) in [5, 5.41) is 7.27. The number of hydrogen-bond acceptors (Lipinski definition) is 6. The molecule has 1 saturated heterocycles. The summed E-state index contributed by atoms with van der Waals surface area (Å²) in [5.41, 5.74) is 2.24. The molecule has 0 aliphatic carbocycles. The predicted molar refractivity (Wildman–Crippen MR) is 124 cm³/mol. The SMILES string of the molecule is Cc1nc(C)c(C(=O)N2CCC(c3nc(C(=O)NCc4ccc(Cl)cc4)cs3)CC2)s1. The van der Waals surface area contributed by atoms with Crippen LogP contribution in [0.3, 0.4) is 0 Å². The Labute approximate surface area is 194 Å². The highest BCUT2D eigenvalue weighted by atomic mass is 35.5. The molecule has 31 heavy (non-hydrogen) atoms. The zero-order chi connectivity index (χ0) is 22.0. The molecule has 4 rings (SSSR count). The van der Waals surface area contributed by atoms with E-state index in [1.165, 1.54) is 22.7 Å². The van der Waals surface area contributed by atoms with Crippen LogP contribution in [0.25, 0.3) is 0 Å². The second-order valence-electron chi connectivity index (χ2n) is 7.59. The lowest BCUT2D eigenvalue weighted by Crippen LogP contribution is -2.37. The molecular weight excluding hydrogens is 452 g/mol. The van der Waals surface area contributed by atoms with Gasteiger partial charge in [0.2, 0.25) is 0 Å². The Kier molecular flexibility index (Phi) is 6.69. The van der Waals surface area contributed by atoms with E-state index < -0.39 is 0 Å². The molecule has 2 aromatic heterocycles. The smallest absolute Gasteiger partial charge is 0.271 e. The predicted octanol–water partition coefficient (Wildman–Crippen LogP) is 4.82. The number of nitrogens with one attached hydrogen (secondary N) is 1. The molecule has 0 atom stereocenters. The number of carbonyl (C=O) groups excluding carboxylic acids is 2. The Morgan fingerprint density at radius 3 is 2.52 bits per heavy atom. The number of benzene rings is 1. The summed E-state index contributed by atoms with van der Waals surface area (Å²) in [6, 6.07) is 7.38. The monoisotopic (exact) mass is 474 g/mol. The van der Waals surface area contributed by atoms with Crippen molar-refractivity contribution < 1.29 is 9.59 Å². The van der Waals surface area contributed by atoms with Crippen molar-refractivity contribution >= 4 is 46.1 Å². The van der Waals surface area contributed by atoms with Crippen molar-refractivity contribution in [2.75, 3.05) is 13.1 Å². The number of aromatic nitrogens is 2. The van der Waals surface area contributed by atoms with Crippen molar-refractivity contribution in [3.63, 3.8) is 0 Å². The first-order chi connectivity index (χ1) is 14.9. The highest BCUT2D eigenvalue weighted by molar-refractivity contribution is 7.13. The molecule has 1 N–H and O–H groups in total. The van der Waals surface area contributed by atoms with E-state index >= 15 is 0 Å². The Balaban J connectivity index is 1.31. The lowest BCUT2D eigenvalue weighted by Gasteiger charge is -2.30. The molecular formula is C22H23ClN4O2S2. The van der Waals surface area contributed by atoms with Crippen LogP contribution in [0.5, 0.6) is 0 Å². The van der Waals surface area contributed by atoms with Gasteiger partial charge in [-0.1, -0.05) is 23.7 Å². The van der Waals surface area contributed by atoms with Crippen molar-refractivity contribution in [1.82, 2.24) is 20.2 Å². The van der Waals surface area contributed by atoms with E-state index in [9.17, 15) is 9.59 Å². The highest BCUT2D eigenvalue weighted by Crippen LogP contribution is 2.31. The van der Waals surface area contributed by atoms with Crippen LogP contribution in [0.2, 0.25) is 5.02 Å². The quantitative estimate of drug-likeness (QED) is 0.575. The van der Waals surface area contributed by atoms with Gasteiger partial charge in [0, 0.05) is 36.0 Å². The van der Waals surface area contributed by atoms with Gasteiger partial charge in [0.1, 0.15) is 10.6 Å². The van der Waals surface area contributed by atoms with Crippen LogP contribution in [0, 0.1) is 13.8 Å². The number of piperidine rings is 1. The fraction of sp³-hybridized carbons (Fsp3) is 0.364. The minimum absolute atomic E-state index is 0.0722. The molecule has 162 valence electrons. The van der Waals surface area contributed by atoms with E-state index in [0.29, 0.717) is 30.4 Å². The molecule has 1 aliphatic rings. The fourth-order valence-electron chi connectivity index (χ4n) is 3.66. The lowest BCUT2D eigenvalue weighted by molar-refractivity contribution is 0.0717. The van der Waals surface area contributed by atoms with Crippen molar-refractivity contribution in [3.8, 4) is 0 Å². The van der Waals surface area contributed by atoms with Gasteiger partial charge >= 0.3 is 0 Å². The number of hydrogen-bond donors (Lipinski definition) is 1. The second kappa shape index (κ2) is 9.46. The summed E-state index contributed by atoms with van der Waals surface area (Å²) in [6.07, 6.45) is 1.70. The van der Waals surface area contributed by atoms with Crippen LogP contribution in [-0.2, 0) is 6.54 Å². The first-order valence-corrected chi connectivity index (χ1v) is 12.2. The second-order valence-corrected chi connectivity index (χ2v) is 10.1. The zero-order valence-electron chi connectivity index (χ0n) is 17.4. The number of aryl methyl sites for hydroxylation is 2. The summed E-state index contributed by atoms with van der Waals surface area (Å²) in [7, 11) is 0. The van der Waals surface area contributed by atoms with Gasteiger partial charge in [-0.25, -0.2) is 9.97 Å². The van der Waals surface area contributed by atoms with Gasteiger partial charge in [0.15, 0.2) is 0 Å². The van der Waals surface area contributed by atoms with Gasteiger partial charge in [-0.05, 0) is 44.4 Å². The van der Waals surface area contributed by atoms with E-state index in [1.54, 1.807) is 12.1 Å². The van der Waals surface area contributed by atoms with Crippen LogP contribution in [0.4, 0.5) is 0 Å². The molecule has 0 radical (unpaired) electrons. The molecule has 2 amide bonds. The van der Waals surface area contributed by atoms with Gasteiger partial charge in [0.05, 0.1) is 15.7 Å². The zero-order valence-corrected chi connectivity index (χ0v) is 19.7. The molecule has 1 fully saturated rings. The van der Waals surface area contributed by atoms with Gasteiger partial charge < -0.3 is 10.2 Å². The molecule has 9 heteroatoms. The number of carbonyl (C=O) groups is 2. The van der Waals surface area contributed by atoms with E-state index in [0.717, 1.165) is 39.0 Å². The standard InChI is InChI=1S/C22H23ClN4O2S2/c1-13-19(31-14(2)25-13)22(29)27-9-7-16(8-10-27)21-26-18(12-30-21)20(28)24-11-15-3-5-17(23)6-4-15/h3-6,12,16H,7-11H2,1-2H3,(H,24,28). The summed E-state index contributed by atoms with van der Waals surface area (Å²) >= 11 is 8.87. The maximum atomic E-state index is 12.8. The Hall–Kier alpha value is -2.29. The van der Waals surface area contributed by atoms with Crippen LogP contribution < -0.4 is 5.32 Å². The maximum absolute atomic E-state index is 12.8. The number of rotatable bonds is 5. The van der Waals surface area contributed by atoms with E-state index in [4.69, 9.17) is 11.6 Å². The van der Waals surface area contributed by atoms with E-state index in [1.807, 2.05) is 36.3 Å². The lowest BCUT2D eigenvalue weighted by atomic mass is 9.97. The fourth-order valence-corrected chi connectivity index (χ4v) is 5.64. The summed E-state index contributed by atoms with van der Waals surface area (Å²) in [6.45, 7) is 5.62. The molecule has 0 bridgehead atoms. The molecule has 1 aromatic carbocycles. The third-order valence-electron chi connectivity index (χ3n) is 5.35. The average Bonchev–Trinajstić information content (AvgIpc) is 3.39. The summed E-state index contributed by atoms with van der Waals surface area (Å²) in [5.74, 6) is 0.167.